The molecule has 1 aromatic heterocycles. The molecule has 5 nitrogen and oxygen atoms in total. The molecule has 1 aliphatic heterocycles. The van der Waals surface area contributed by atoms with Crippen molar-refractivity contribution >= 4 is 28.1 Å². The van der Waals surface area contributed by atoms with Gasteiger partial charge in [-0.15, -0.1) is 11.3 Å². The molecule has 0 aliphatic carbocycles. The molecule has 0 atom stereocenters. The molecule has 0 spiro atoms. The summed E-state index contributed by atoms with van der Waals surface area (Å²) < 4.78 is 5.39. The molecular formula is C19H25N3O2S. The summed E-state index contributed by atoms with van der Waals surface area (Å²) in [6.45, 7) is 9.49. The van der Waals surface area contributed by atoms with Crippen molar-refractivity contribution in [2.75, 3.05) is 36.5 Å². The SMILES string of the molecule is CC(C)(C)CC(=O)Nc1ccc(-c2csc(N3CCOCC3)n2)cc1. The van der Waals surface area contributed by atoms with E-state index in [0.29, 0.717) is 6.42 Å². The Kier molecular flexibility index (Phi) is 5.39. The Bertz CT molecular complexity index is 713. The number of carbonyl (C=O) groups excluding carboxylic acids is 1. The fraction of sp³-hybridized carbons (Fsp3) is 0.474. The van der Waals surface area contributed by atoms with Gasteiger partial charge in [0.05, 0.1) is 18.9 Å². The molecule has 1 fully saturated rings. The molecule has 1 amide bonds. The largest absolute Gasteiger partial charge is 0.378 e. The number of carbonyl (C=O) groups is 1. The minimum atomic E-state index is -0.0134. The Morgan fingerprint density at radius 1 is 1.24 bits per heavy atom. The predicted octanol–water partition coefficient (Wildman–Crippen LogP) is 4.02. The lowest BCUT2D eigenvalue weighted by molar-refractivity contribution is -0.117. The van der Waals surface area contributed by atoms with Crippen LogP contribution in [0.15, 0.2) is 29.6 Å². The van der Waals surface area contributed by atoms with Gasteiger partial charge in [0.25, 0.3) is 0 Å². The highest BCUT2D eigenvalue weighted by Crippen LogP contribution is 2.29. The number of morpholine rings is 1. The van der Waals surface area contributed by atoms with Crippen molar-refractivity contribution in [2.24, 2.45) is 5.41 Å². The summed E-state index contributed by atoms with van der Waals surface area (Å²) in [4.78, 5) is 19.0. The Hall–Kier alpha value is -1.92. The summed E-state index contributed by atoms with van der Waals surface area (Å²) in [6.07, 6.45) is 0.504. The van der Waals surface area contributed by atoms with E-state index in [4.69, 9.17) is 9.72 Å². The van der Waals surface area contributed by atoms with Crippen molar-refractivity contribution in [3.05, 3.63) is 29.6 Å². The molecule has 1 saturated heterocycles. The number of benzene rings is 1. The Balaban J connectivity index is 1.64. The monoisotopic (exact) mass is 359 g/mol. The van der Waals surface area contributed by atoms with Crippen molar-refractivity contribution in [2.45, 2.75) is 27.2 Å². The summed E-state index contributed by atoms with van der Waals surface area (Å²) in [7, 11) is 0. The van der Waals surface area contributed by atoms with Gasteiger partial charge in [0.1, 0.15) is 0 Å². The number of thiazole rings is 1. The van der Waals surface area contributed by atoms with Crippen LogP contribution in [0.4, 0.5) is 10.8 Å². The fourth-order valence-electron chi connectivity index (χ4n) is 2.71. The number of aromatic nitrogens is 1. The average Bonchev–Trinajstić information content (AvgIpc) is 3.04. The van der Waals surface area contributed by atoms with Gasteiger partial charge >= 0.3 is 0 Å². The number of ether oxygens (including phenoxy) is 1. The van der Waals surface area contributed by atoms with Crippen LogP contribution in [-0.2, 0) is 9.53 Å². The first-order valence-electron chi connectivity index (χ1n) is 8.59. The Labute approximate surface area is 153 Å². The molecule has 134 valence electrons. The second-order valence-electron chi connectivity index (χ2n) is 7.48. The van der Waals surface area contributed by atoms with E-state index in [1.54, 1.807) is 11.3 Å². The highest BCUT2D eigenvalue weighted by atomic mass is 32.1. The molecule has 25 heavy (non-hydrogen) atoms. The Morgan fingerprint density at radius 2 is 1.92 bits per heavy atom. The quantitative estimate of drug-likeness (QED) is 0.896. The molecule has 0 saturated carbocycles. The van der Waals surface area contributed by atoms with Crippen molar-refractivity contribution < 1.29 is 9.53 Å². The smallest absolute Gasteiger partial charge is 0.224 e. The van der Waals surface area contributed by atoms with Crippen molar-refractivity contribution in [1.29, 1.82) is 0 Å². The van der Waals surface area contributed by atoms with Gasteiger partial charge in [0.15, 0.2) is 5.13 Å². The van der Waals surface area contributed by atoms with Crippen LogP contribution in [0.2, 0.25) is 0 Å². The third-order valence-corrected chi connectivity index (χ3v) is 4.83. The number of hydrogen-bond donors (Lipinski definition) is 1. The number of hydrogen-bond acceptors (Lipinski definition) is 5. The van der Waals surface area contributed by atoms with E-state index >= 15 is 0 Å². The van der Waals surface area contributed by atoms with Crippen molar-refractivity contribution in [3.63, 3.8) is 0 Å². The molecule has 0 radical (unpaired) electrons. The van der Waals surface area contributed by atoms with Crippen LogP contribution in [-0.4, -0.2) is 37.2 Å². The fourth-order valence-corrected chi connectivity index (χ4v) is 3.60. The summed E-state index contributed by atoms with van der Waals surface area (Å²) in [5.41, 5.74) is 2.84. The number of nitrogens with one attached hydrogen (secondary N) is 1. The minimum absolute atomic E-state index is 0.0134. The maximum Gasteiger partial charge on any atom is 0.224 e. The van der Waals surface area contributed by atoms with Gasteiger partial charge in [-0.05, 0) is 17.5 Å². The molecule has 2 heterocycles. The van der Waals surface area contributed by atoms with Crippen LogP contribution in [0.3, 0.4) is 0 Å². The van der Waals surface area contributed by atoms with E-state index in [-0.39, 0.29) is 11.3 Å². The van der Waals surface area contributed by atoms with E-state index < -0.39 is 0 Å². The van der Waals surface area contributed by atoms with E-state index in [0.717, 1.165) is 48.4 Å². The maximum atomic E-state index is 12.0. The van der Waals surface area contributed by atoms with Crippen LogP contribution in [0, 0.1) is 5.41 Å². The highest BCUT2D eigenvalue weighted by Gasteiger charge is 2.17. The molecular weight excluding hydrogens is 334 g/mol. The van der Waals surface area contributed by atoms with Crippen LogP contribution in [0.1, 0.15) is 27.2 Å². The lowest BCUT2D eigenvalue weighted by Gasteiger charge is -2.26. The maximum absolute atomic E-state index is 12.0. The Morgan fingerprint density at radius 3 is 2.56 bits per heavy atom. The van der Waals surface area contributed by atoms with Crippen LogP contribution in [0.25, 0.3) is 11.3 Å². The van der Waals surface area contributed by atoms with E-state index in [9.17, 15) is 4.79 Å². The average molecular weight is 359 g/mol. The number of anilines is 2. The van der Waals surface area contributed by atoms with Crippen LogP contribution < -0.4 is 10.2 Å². The molecule has 1 aliphatic rings. The molecule has 2 aromatic rings. The van der Waals surface area contributed by atoms with Gasteiger partial charge in [0.2, 0.25) is 5.91 Å². The molecule has 0 bridgehead atoms. The van der Waals surface area contributed by atoms with E-state index in [1.807, 2.05) is 24.3 Å². The third-order valence-electron chi connectivity index (χ3n) is 3.93. The van der Waals surface area contributed by atoms with E-state index in [2.05, 4.69) is 36.4 Å². The van der Waals surface area contributed by atoms with Crippen molar-refractivity contribution in [3.8, 4) is 11.3 Å². The van der Waals surface area contributed by atoms with Crippen molar-refractivity contribution in [1.82, 2.24) is 4.98 Å². The lowest BCUT2D eigenvalue weighted by atomic mass is 9.92. The third kappa shape index (κ3) is 5.03. The van der Waals surface area contributed by atoms with Gasteiger partial charge in [-0.1, -0.05) is 32.9 Å². The lowest BCUT2D eigenvalue weighted by Crippen LogP contribution is -2.36. The minimum Gasteiger partial charge on any atom is -0.378 e. The predicted molar refractivity (Wildman–Crippen MR) is 103 cm³/mol. The molecule has 3 rings (SSSR count). The first-order valence-corrected chi connectivity index (χ1v) is 9.47. The van der Waals surface area contributed by atoms with Gasteiger partial charge in [-0.3, -0.25) is 4.79 Å². The molecule has 0 unspecified atom stereocenters. The molecule has 1 N–H and O–H groups in total. The second-order valence-corrected chi connectivity index (χ2v) is 8.31. The summed E-state index contributed by atoms with van der Waals surface area (Å²) in [5, 5.41) is 6.08. The molecule has 6 heteroatoms. The van der Waals surface area contributed by atoms with Crippen LogP contribution >= 0.6 is 11.3 Å². The number of rotatable bonds is 4. The van der Waals surface area contributed by atoms with Gasteiger partial charge < -0.3 is 15.0 Å². The second kappa shape index (κ2) is 7.54. The number of nitrogens with zero attached hydrogens (tertiary/aromatic N) is 2. The topological polar surface area (TPSA) is 54.5 Å². The summed E-state index contributed by atoms with van der Waals surface area (Å²) >= 11 is 1.66. The van der Waals surface area contributed by atoms with Gasteiger partial charge in [-0.25, -0.2) is 4.98 Å². The highest BCUT2D eigenvalue weighted by molar-refractivity contribution is 7.14. The standard InChI is InChI=1S/C19H25N3O2S/c1-19(2,3)12-17(23)20-15-6-4-14(5-7-15)16-13-25-18(21-16)22-8-10-24-11-9-22/h4-7,13H,8-12H2,1-3H3,(H,20,23). The first kappa shape index (κ1) is 17.9. The number of amides is 1. The van der Waals surface area contributed by atoms with E-state index in [1.165, 1.54) is 0 Å². The molecule has 1 aromatic carbocycles. The normalized spacial score (nSPS) is 15.2. The van der Waals surface area contributed by atoms with Crippen LogP contribution in [0.5, 0.6) is 0 Å². The zero-order valence-electron chi connectivity index (χ0n) is 15.0. The summed E-state index contributed by atoms with van der Waals surface area (Å²) in [5.74, 6) is 0.0449. The van der Waals surface area contributed by atoms with Gasteiger partial charge in [0, 0.05) is 36.1 Å². The zero-order chi connectivity index (χ0) is 17.9. The first-order chi connectivity index (χ1) is 11.9. The zero-order valence-corrected chi connectivity index (χ0v) is 15.9. The van der Waals surface area contributed by atoms with Gasteiger partial charge in [-0.2, -0.15) is 0 Å². The summed E-state index contributed by atoms with van der Waals surface area (Å²) in [6, 6.07) is 7.88.